The lowest BCUT2D eigenvalue weighted by Crippen LogP contribution is -2.43. The average Bonchev–Trinajstić information content (AvgIpc) is 2.80. The number of methoxy groups -OCH3 is 1. The highest BCUT2D eigenvalue weighted by atomic mass is 16.5. The summed E-state index contributed by atoms with van der Waals surface area (Å²) in [5.41, 5.74) is 1.93. The third-order valence-electron chi connectivity index (χ3n) is 5.16. The molecule has 0 aliphatic rings. The number of hydrogen-bond acceptors (Lipinski definition) is 4. The van der Waals surface area contributed by atoms with Gasteiger partial charge in [-0.25, -0.2) is 0 Å². The fourth-order valence-electron chi connectivity index (χ4n) is 3.07. The fraction of sp³-hybridized carbons (Fsp3) is 0.417. The van der Waals surface area contributed by atoms with Gasteiger partial charge < -0.3 is 20.7 Å². The number of hydrogen-bond donors (Lipinski definition) is 3. The molecule has 0 aliphatic heterocycles. The van der Waals surface area contributed by atoms with Gasteiger partial charge in [-0.1, -0.05) is 30.3 Å². The molecule has 7 nitrogen and oxygen atoms in total. The van der Waals surface area contributed by atoms with Crippen molar-refractivity contribution in [2.45, 2.75) is 25.9 Å². The van der Waals surface area contributed by atoms with E-state index in [1.165, 1.54) is 5.56 Å². The van der Waals surface area contributed by atoms with Gasteiger partial charge in [0.2, 0.25) is 0 Å². The van der Waals surface area contributed by atoms with Gasteiger partial charge in [-0.05, 0) is 50.2 Å². The van der Waals surface area contributed by atoms with Gasteiger partial charge in [-0.2, -0.15) is 0 Å². The monoisotopic (exact) mass is 425 g/mol. The highest BCUT2D eigenvalue weighted by molar-refractivity contribution is 5.94. The third kappa shape index (κ3) is 8.68. The Morgan fingerprint density at radius 3 is 2.29 bits per heavy atom. The average molecular weight is 426 g/mol. The van der Waals surface area contributed by atoms with E-state index in [1.807, 2.05) is 6.07 Å². The standard InChI is InChI=1S/C24H35N5O2/c1-19(29(3)18-20-8-6-5-7-9-20)14-15-27-24(25-2)28-17-16-26-23(30)21-10-12-22(31-4)13-11-21/h5-13,19H,14-18H2,1-4H3,(H,26,30)(H2,25,27,28). The normalized spacial score (nSPS) is 12.4. The van der Waals surface area contributed by atoms with Gasteiger partial charge in [-0.3, -0.25) is 14.7 Å². The van der Waals surface area contributed by atoms with Gasteiger partial charge in [0, 0.05) is 44.8 Å². The van der Waals surface area contributed by atoms with Crippen molar-refractivity contribution < 1.29 is 9.53 Å². The van der Waals surface area contributed by atoms with Crippen LogP contribution in [0.2, 0.25) is 0 Å². The first kappa shape index (κ1) is 24.2. The van der Waals surface area contributed by atoms with Gasteiger partial charge in [0.25, 0.3) is 5.91 Å². The van der Waals surface area contributed by atoms with E-state index in [2.05, 4.69) is 64.1 Å². The maximum absolute atomic E-state index is 12.2. The second-order valence-corrected chi connectivity index (χ2v) is 7.45. The molecule has 0 saturated heterocycles. The van der Waals surface area contributed by atoms with Crippen LogP contribution >= 0.6 is 0 Å². The molecule has 0 bridgehead atoms. The molecule has 0 radical (unpaired) electrons. The predicted molar refractivity (Wildman–Crippen MR) is 127 cm³/mol. The molecule has 0 spiro atoms. The zero-order chi connectivity index (χ0) is 22.5. The Kier molecular flexibility index (Phi) is 10.4. The molecular weight excluding hydrogens is 390 g/mol. The molecular formula is C24H35N5O2. The van der Waals surface area contributed by atoms with Crippen LogP contribution in [-0.4, -0.2) is 63.6 Å². The van der Waals surface area contributed by atoms with Crippen molar-refractivity contribution in [3.63, 3.8) is 0 Å². The lowest BCUT2D eigenvalue weighted by atomic mass is 10.1. The van der Waals surface area contributed by atoms with E-state index in [0.29, 0.717) is 24.7 Å². The van der Waals surface area contributed by atoms with Crippen LogP contribution in [-0.2, 0) is 6.54 Å². The highest BCUT2D eigenvalue weighted by Crippen LogP contribution is 2.11. The van der Waals surface area contributed by atoms with Crippen LogP contribution < -0.4 is 20.7 Å². The number of benzene rings is 2. The van der Waals surface area contributed by atoms with Gasteiger partial charge in [0.15, 0.2) is 5.96 Å². The van der Waals surface area contributed by atoms with Crippen molar-refractivity contribution in [2.24, 2.45) is 4.99 Å². The first-order valence-electron chi connectivity index (χ1n) is 10.6. The van der Waals surface area contributed by atoms with E-state index in [4.69, 9.17) is 4.74 Å². The Bertz CT molecular complexity index is 808. The van der Waals surface area contributed by atoms with Gasteiger partial charge in [-0.15, -0.1) is 0 Å². The van der Waals surface area contributed by atoms with E-state index < -0.39 is 0 Å². The Hall–Kier alpha value is -3.06. The molecule has 0 aliphatic carbocycles. The molecule has 3 N–H and O–H groups in total. The summed E-state index contributed by atoms with van der Waals surface area (Å²) in [5, 5.41) is 9.46. The van der Waals surface area contributed by atoms with Gasteiger partial charge in [0.05, 0.1) is 7.11 Å². The Labute approximate surface area is 185 Å². The molecule has 31 heavy (non-hydrogen) atoms. The summed E-state index contributed by atoms with van der Waals surface area (Å²) in [5.74, 6) is 1.35. The van der Waals surface area contributed by atoms with Crippen LogP contribution in [0.25, 0.3) is 0 Å². The van der Waals surface area contributed by atoms with Crippen LogP contribution in [0.3, 0.4) is 0 Å². The maximum Gasteiger partial charge on any atom is 0.251 e. The summed E-state index contributed by atoms with van der Waals surface area (Å²) in [6.45, 7) is 5.07. The second-order valence-electron chi connectivity index (χ2n) is 7.45. The Morgan fingerprint density at radius 2 is 1.65 bits per heavy atom. The molecule has 1 atom stereocenters. The van der Waals surface area contributed by atoms with Crippen LogP contribution in [0.4, 0.5) is 0 Å². The predicted octanol–water partition coefficient (Wildman–Crippen LogP) is 2.50. The van der Waals surface area contributed by atoms with E-state index in [-0.39, 0.29) is 5.91 Å². The first-order valence-corrected chi connectivity index (χ1v) is 10.6. The molecule has 2 rings (SSSR count). The minimum absolute atomic E-state index is 0.109. The maximum atomic E-state index is 12.2. The zero-order valence-corrected chi connectivity index (χ0v) is 19.0. The topological polar surface area (TPSA) is 78.0 Å². The molecule has 1 amide bonds. The number of carbonyl (C=O) groups excluding carboxylic acids is 1. The number of rotatable bonds is 11. The molecule has 1 unspecified atom stereocenters. The van der Waals surface area contributed by atoms with Gasteiger partial charge >= 0.3 is 0 Å². The van der Waals surface area contributed by atoms with Crippen LogP contribution in [0.1, 0.15) is 29.3 Å². The summed E-state index contributed by atoms with van der Waals surface area (Å²) >= 11 is 0. The van der Waals surface area contributed by atoms with E-state index in [9.17, 15) is 4.79 Å². The smallest absolute Gasteiger partial charge is 0.251 e. The summed E-state index contributed by atoms with van der Waals surface area (Å²) in [4.78, 5) is 18.8. The van der Waals surface area contributed by atoms with E-state index in [1.54, 1.807) is 38.4 Å². The van der Waals surface area contributed by atoms with Crippen molar-refractivity contribution in [3.8, 4) is 5.75 Å². The Balaban J connectivity index is 1.62. The molecule has 0 fully saturated rings. The van der Waals surface area contributed by atoms with Crippen LogP contribution in [0.5, 0.6) is 5.75 Å². The summed E-state index contributed by atoms with van der Waals surface area (Å²) in [6, 6.07) is 18.0. The SMILES string of the molecule is CN=C(NCCNC(=O)c1ccc(OC)cc1)NCCC(C)N(C)Cc1ccccc1. The highest BCUT2D eigenvalue weighted by Gasteiger charge is 2.10. The fourth-order valence-corrected chi connectivity index (χ4v) is 3.07. The minimum atomic E-state index is -0.109. The number of guanidine groups is 1. The van der Waals surface area contributed by atoms with Crippen molar-refractivity contribution in [1.29, 1.82) is 0 Å². The Morgan fingerprint density at radius 1 is 1.00 bits per heavy atom. The third-order valence-corrected chi connectivity index (χ3v) is 5.16. The summed E-state index contributed by atoms with van der Waals surface area (Å²) < 4.78 is 5.11. The number of nitrogens with zero attached hydrogens (tertiary/aromatic N) is 2. The van der Waals surface area contributed by atoms with Crippen LogP contribution in [0, 0.1) is 0 Å². The molecule has 0 heterocycles. The largest absolute Gasteiger partial charge is 0.497 e. The zero-order valence-electron chi connectivity index (χ0n) is 19.0. The summed E-state index contributed by atoms with van der Waals surface area (Å²) in [6.07, 6.45) is 0.998. The number of amides is 1. The number of aliphatic imine (C=N–C) groups is 1. The van der Waals surface area contributed by atoms with Crippen LogP contribution in [0.15, 0.2) is 59.6 Å². The lowest BCUT2D eigenvalue weighted by Gasteiger charge is -2.25. The van der Waals surface area contributed by atoms with Crippen molar-refractivity contribution in [2.75, 3.05) is 40.8 Å². The molecule has 0 aromatic heterocycles. The van der Waals surface area contributed by atoms with E-state index in [0.717, 1.165) is 31.2 Å². The van der Waals surface area contributed by atoms with Crippen molar-refractivity contribution in [1.82, 2.24) is 20.9 Å². The van der Waals surface area contributed by atoms with E-state index >= 15 is 0 Å². The molecule has 0 saturated carbocycles. The molecule has 168 valence electrons. The molecule has 2 aromatic carbocycles. The number of nitrogens with one attached hydrogen (secondary N) is 3. The van der Waals surface area contributed by atoms with Crippen molar-refractivity contribution in [3.05, 3.63) is 65.7 Å². The number of ether oxygens (including phenoxy) is 1. The second kappa shape index (κ2) is 13.3. The summed E-state index contributed by atoms with van der Waals surface area (Å²) in [7, 11) is 5.50. The lowest BCUT2D eigenvalue weighted by molar-refractivity contribution is 0.0954. The van der Waals surface area contributed by atoms with Crippen molar-refractivity contribution >= 4 is 11.9 Å². The van der Waals surface area contributed by atoms with Gasteiger partial charge in [0.1, 0.15) is 5.75 Å². The first-order chi connectivity index (χ1) is 15.0. The quantitative estimate of drug-likeness (QED) is 0.293. The minimum Gasteiger partial charge on any atom is -0.497 e. The molecule has 2 aromatic rings. The number of carbonyl (C=O) groups is 1. The molecule has 7 heteroatoms.